The zero-order valence-electron chi connectivity index (χ0n) is 21.7. The minimum absolute atomic E-state index is 0.0211. The largest absolute Gasteiger partial charge is 0.511 e. The second kappa shape index (κ2) is 9.65. The predicted octanol–water partition coefficient (Wildman–Crippen LogP) is 2.87. The van der Waals surface area contributed by atoms with Crippen molar-refractivity contribution < 1.29 is 44.7 Å². The monoisotopic (exact) mass is 547 g/mol. The molecule has 208 valence electrons. The first kappa shape index (κ1) is 27.2. The maximum Gasteiger partial charge on any atom is 0.255 e. The number of aromatic hydroxyl groups is 1. The Morgan fingerprint density at radius 2 is 1.90 bits per heavy atom. The van der Waals surface area contributed by atoms with E-state index in [2.05, 4.69) is 6.58 Å². The molecular formula is C30H29NO9. The molecule has 0 heterocycles. The van der Waals surface area contributed by atoms with Gasteiger partial charge in [-0.3, -0.25) is 14.4 Å². The molecule has 0 spiro atoms. The lowest BCUT2D eigenvalue weighted by molar-refractivity contribution is -0.144. The number of ketones is 2. The van der Waals surface area contributed by atoms with E-state index in [1.54, 1.807) is 30.3 Å². The zero-order chi connectivity index (χ0) is 29.1. The third-order valence-corrected chi connectivity index (χ3v) is 8.23. The third-order valence-electron chi connectivity index (χ3n) is 8.23. The normalized spacial score (nSPS) is 24.7. The summed E-state index contributed by atoms with van der Waals surface area (Å²) in [6.07, 6.45) is 0.937. The van der Waals surface area contributed by atoms with E-state index in [-0.39, 0.29) is 36.1 Å². The number of phenols is 1. The smallest absolute Gasteiger partial charge is 0.255 e. The Morgan fingerprint density at radius 3 is 2.55 bits per heavy atom. The van der Waals surface area contributed by atoms with E-state index in [4.69, 9.17) is 10.5 Å². The Bertz CT molecular complexity index is 1550. The van der Waals surface area contributed by atoms with Gasteiger partial charge in [-0.25, -0.2) is 0 Å². The summed E-state index contributed by atoms with van der Waals surface area (Å²) in [7, 11) is 1.48. The summed E-state index contributed by atoms with van der Waals surface area (Å²) < 4.78 is 5.56. The lowest BCUT2D eigenvalue weighted by atomic mass is 9.60. The highest BCUT2D eigenvalue weighted by molar-refractivity contribution is 6.24. The van der Waals surface area contributed by atoms with Crippen molar-refractivity contribution in [3.05, 3.63) is 82.3 Å². The van der Waals surface area contributed by atoms with Crippen LogP contribution >= 0.6 is 0 Å². The number of carbonyl (C=O) groups excluding carboxylic acids is 3. The van der Waals surface area contributed by atoms with Gasteiger partial charge in [-0.05, 0) is 60.1 Å². The number of Topliss-reactive ketones (excluding diaryl/α,β-unsaturated/α-hetero) is 2. The maximum absolute atomic E-state index is 13.8. The van der Waals surface area contributed by atoms with E-state index in [1.165, 1.54) is 13.2 Å². The molecule has 0 radical (unpaired) electrons. The first-order valence-electron chi connectivity index (χ1n) is 12.7. The van der Waals surface area contributed by atoms with Crippen LogP contribution in [0.4, 0.5) is 0 Å². The van der Waals surface area contributed by atoms with Gasteiger partial charge in [-0.2, -0.15) is 0 Å². The molecule has 2 aromatic carbocycles. The van der Waals surface area contributed by atoms with E-state index in [0.29, 0.717) is 34.4 Å². The summed E-state index contributed by atoms with van der Waals surface area (Å²) in [6, 6.07) is 8.11. The lowest BCUT2D eigenvalue weighted by Crippen LogP contribution is -2.57. The van der Waals surface area contributed by atoms with Crippen molar-refractivity contribution in [1.29, 1.82) is 0 Å². The number of benzene rings is 2. The molecule has 0 aliphatic heterocycles. The van der Waals surface area contributed by atoms with E-state index >= 15 is 0 Å². The van der Waals surface area contributed by atoms with Gasteiger partial charge < -0.3 is 36.0 Å². The van der Waals surface area contributed by atoms with Crippen molar-refractivity contribution in [1.82, 2.24) is 0 Å². The third kappa shape index (κ3) is 3.82. The molecule has 5 rings (SSSR count). The molecule has 2 aromatic rings. The summed E-state index contributed by atoms with van der Waals surface area (Å²) in [6.45, 7) is 3.66. The van der Waals surface area contributed by atoms with E-state index in [1.807, 2.05) is 0 Å². The number of aliphatic hydroxyl groups excluding tert-OH is 3. The number of allylic oxidation sites excluding steroid dienone is 2. The second-order valence-corrected chi connectivity index (χ2v) is 10.4. The fourth-order valence-electron chi connectivity index (χ4n) is 6.31. The molecule has 0 saturated carbocycles. The summed E-state index contributed by atoms with van der Waals surface area (Å²) in [5.74, 6) is -6.39. The Balaban J connectivity index is 1.68. The fraction of sp³-hybridized carbons (Fsp3) is 0.300. The SMILES string of the molecule is C=CCC(O)c1ccc(OC)c(-c2ccc(O)c3c2C[C@H]2C[C@H]4CC(O)=C(C(N)=O)C(=O)[C@@]4(O)C(O)=C2C3=O)c1. The quantitative estimate of drug-likeness (QED) is 0.233. The number of phenolic OH excluding ortho intramolecular Hbond substituents is 1. The van der Waals surface area contributed by atoms with Crippen LogP contribution in [0, 0.1) is 11.8 Å². The van der Waals surface area contributed by atoms with Crippen LogP contribution in [0.5, 0.6) is 11.5 Å². The van der Waals surface area contributed by atoms with Crippen molar-refractivity contribution in [2.75, 3.05) is 7.11 Å². The van der Waals surface area contributed by atoms with Gasteiger partial charge in [0, 0.05) is 23.5 Å². The first-order chi connectivity index (χ1) is 18.9. The number of ether oxygens (including phenoxy) is 1. The molecule has 3 aliphatic carbocycles. The topological polar surface area (TPSA) is 188 Å². The number of primary amides is 1. The Labute approximate surface area is 229 Å². The summed E-state index contributed by atoms with van der Waals surface area (Å²) >= 11 is 0. The van der Waals surface area contributed by atoms with E-state index in [0.717, 1.165) is 0 Å². The number of hydrogen-bond acceptors (Lipinski definition) is 9. The van der Waals surface area contributed by atoms with Gasteiger partial charge in [0.05, 0.1) is 18.8 Å². The molecule has 3 aliphatic rings. The van der Waals surface area contributed by atoms with Crippen molar-refractivity contribution in [2.24, 2.45) is 17.6 Å². The van der Waals surface area contributed by atoms with E-state index < -0.39 is 58.1 Å². The minimum Gasteiger partial charge on any atom is -0.511 e. The highest BCUT2D eigenvalue weighted by atomic mass is 16.5. The van der Waals surface area contributed by atoms with Crippen LogP contribution in [-0.4, -0.2) is 55.7 Å². The van der Waals surface area contributed by atoms with Crippen LogP contribution in [0.3, 0.4) is 0 Å². The molecule has 4 atom stereocenters. The first-order valence-corrected chi connectivity index (χ1v) is 12.7. The average molecular weight is 548 g/mol. The summed E-state index contributed by atoms with van der Waals surface area (Å²) in [4.78, 5) is 38.8. The van der Waals surface area contributed by atoms with Gasteiger partial charge in [0.1, 0.15) is 28.6 Å². The van der Waals surface area contributed by atoms with Crippen LogP contribution in [-0.2, 0) is 16.0 Å². The van der Waals surface area contributed by atoms with Gasteiger partial charge in [0.15, 0.2) is 11.4 Å². The molecule has 7 N–H and O–H groups in total. The minimum atomic E-state index is -2.62. The molecule has 0 fully saturated rings. The number of rotatable bonds is 6. The molecule has 1 unspecified atom stereocenters. The highest BCUT2D eigenvalue weighted by Gasteiger charge is 2.59. The number of amides is 1. The average Bonchev–Trinajstić information content (AvgIpc) is 2.90. The molecule has 0 saturated heterocycles. The Morgan fingerprint density at radius 1 is 1.18 bits per heavy atom. The van der Waals surface area contributed by atoms with Gasteiger partial charge in [-0.15, -0.1) is 6.58 Å². The van der Waals surface area contributed by atoms with Crippen molar-refractivity contribution in [3.63, 3.8) is 0 Å². The number of nitrogens with two attached hydrogens (primary N) is 1. The second-order valence-electron chi connectivity index (χ2n) is 10.4. The predicted molar refractivity (Wildman–Crippen MR) is 143 cm³/mol. The number of carbonyl (C=O) groups is 3. The highest BCUT2D eigenvalue weighted by Crippen LogP contribution is 2.52. The molecule has 0 aromatic heterocycles. The van der Waals surface area contributed by atoms with Crippen molar-refractivity contribution >= 4 is 17.5 Å². The number of fused-ring (bicyclic) bond motifs is 3. The van der Waals surface area contributed by atoms with Crippen LogP contribution in [0.15, 0.2) is 65.7 Å². The molecule has 10 nitrogen and oxygen atoms in total. The Kier molecular flexibility index (Phi) is 6.56. The molecular weight excluding hydrogens is 518 g/mol. The lowest BCUT2D eigenvalue weighted by Gasteiger charge is -2.45. The standard InChI is InChI=1S/C30H29NO9/c1-3-4-19(32)13-5-8-22(40-2)17(10-13)16-6-7-20(33)24-18(16)11-14-9-15-12-21(34)25(29(31)38)28(37)30(15,39)27(36)23(14)26(24)35/h3,5-8,10,14-15,19,32-34,36,39H,1,4,9,11-12H2,2H3,(H2,31,38)/t14-,15+,19?,30+/m1/s1. The van der Waals surface area contributed by atoms with E-state index in [9.17, 15) is 39.9 Å². The Hall–Kier alpha value is -4.41. The van der Waals surface area contributed by atoms with Crippen molar-refractivity contribution in [3.8, 4) is 22.6 Å². The fourth-order valence-corrected chi connectivity index (χ4v) is 6.31. The number of hydrogen-bond donors (Lipinski definition) is 6. The zero-order valence-corrected chi connectivity index (χ0v) is 21.7. The van der Waals surface area contributed by atoms with Crippen LogP contribution in [0.1, 0.15) is 46.9 Å². The van der Waals surface area contributed by atoms with Crippen LogP contribution < -0.4 is 10.5 Å². The van der Waals surface area contributed by atoms with Gasteiger partial charge >= 0.3 is 0 Å². The van der Waals surface area contributed by atoms with Crippen LogP contribution in [0.2, 0.25) is 0 Å². The number of methoxy groups -OCH3 is 1. The maximum atomic E-state index is 13.8. The molecule has 10 heteroatoms. The van der Waals surface area contributed by atoms with Crippen molar-refractivity contribution in [2.45, 2.75) is 37.4 Å². The van der Waals surface area contributed by atoms with Gasteiger partial charge in [-0.1, -0.05) is 18.2 Å². The molecule has 40 heavy (non-hydrogen) atoms. The summed E-state index contributed by atoms with van der Waals surface area (Å²) in [5, 5.41) is 54.3. The molecule has 0 bridgehead atoms. The van der Waals surface area contributed by atoms with Gasteiger partial charge in [0.25, 0.3) is 5.91 Å². The number of aliphatic hydroxyl groups is 4. The van der Waals surface area contributed by atoms with Gasteiger partial charge in [0.2, 0.25) is 5.78 Å². The summed E-state index contributed by atoms with van der Waals surface area (Å²) in [5.41, 5.74) is 3.64. The van der Waals surface area contributed by atoms with Crippen LogP contribution in [0.25, 0.3) is 11.1 Å². The molecule has 1 amide bonds.